The Kier molecular flexibility index (Phi) is 4.32. The first kappa shape index (κ1) is 15.1. The highest BCUT2D eigenvalue weighted by atomic mass is 16.5. The van der Waals surface area contributed by atoms with Crippen LogP contribution in [0.5, 0.6) is 0 Å². The zero-order chi connectivity index (χ0) is 16.2. The van der Waals surface area contributed by atoms with E-state index >= 15 is 0 Å². The van der Waals surface area contributed by atoms with Crippen molar-refractivity contribution in [2.45, 2.75) is 0 Å². The predicted octanol–water partition coefficient (Wildman–Crippen LogP) is 2.03. The lowest BCUT2D eigenvalue weighted by molar-refractivity contribution is 0.0600. The van der Waals surface area contributed by atoms with Gasteiger partial charge in [-0.05, 0) is 36.4 Å². The molecular formula is C17H18N2O4. The second kappa shape index (κ2) is 6.56. The topological polar surface area (TPSA) is 63.0 Å². The Bertz CT molecular complexity index is 671. The van der Waals surface area contributed by atoms with Gasteiger partial charge in [0, 0.05) is 31.9 Å². The van der Waals surface area contributed by atoms with Gasteiger partial charge in [0.15, 0.2) is 5.76 Å². The highest BCUT2D eigenvalue weighted by Crippen LogP contribution is 2.18. The number of methoxy groups -OCH3 is 1. The van der Waals surface area contributed by atoms with Crippen LogP contribution in [0.1, 0.15) is 20.9 Å². The Labute approximate surface area is 134 Å². The Morgan fingerprint density at radius 3 is 2.30 bits per heavy atom. The average molecular weight is 314 g/mol. The molecule has 0 aliphatic carbocycles. The van der Waals surface area contributed by atoms with Gasteiger partial charge in [0.25, 0.3) is 5.91 Å². The Morgan fingerprint density at radius 1 is 1.04 bits per heavy atom. The lowest BCUT2D eigenvalue weighted by Crippen LogP contribution is -2.48. The largest absolute Gasteiger partial charge is 0.465 e. The monoisotopic (exact) mass is 314 g/mol. The fourth-order valence-electron chi connectivity index (χ4n) is 2.65. The van der Waals surface area contributed by atoms with Crippen molar-refractivity contribution in [1.29, 1.82) is 0 Å². The molecule has 23 heavy (non-hydrogen) atoms. The van der Waals surface area contributed by atoms with Crippen molar-refractivity contribution >= 4 is 17.6 Å². The van der Waals surface area contributed by atoms with Crippen molar-refractivity contribution in [2.75, 3.05) is 38.2 Å². The minimum atomic E-state index is -0.342. The van der Waals surface area contributed by atoms with E-state index in [1.54, 1.807) is 29.2 Å². The van der Waals surface area contributed by atoms with Crippen LogP contribution >= 0.6 is 0 Å². The van der Waals surface area contributed by atoms with E-state index in [4.69, 9.17) is 9.15 Å². The fourth-order valence-corrected chi connectivity index (χ4v) is 2.65. The van der Waals surface area contributed by atoms with Crippen molar-refractivity contribution in [3.63, 3.8) is 0 Å². The number of hydrogen-bond acceptors (Lipinski definition) is 5. The smallest absolute Gasteiger partial charge is 0.337 e. The third-order valence-corrected chi connectivity index (χ3v) is 3.95. The molecule has 1 saturated heterocycles. The lowest BCUT2D eigenvalue weighted by Gasteiger charge is -2.35. The summed E-state index contributed by atoms with van der Waals surface area (Å²) in [7, 11) is 1.37. The molecule has 1 aromatic carbocycles. The number of carbonyl (C=O) groups is 2. The first-order valence-electron chi connectivity index (χ1n) is 7.45. The maximum Gasteiger partial charge on any atom is 0.337 e. The summed E-state index contributed by atoms with van der Waals surface area (Å²) in [6, 6.07) is 10.7. The molecule has 6 heteroatoms. The van der Waals surface area contributed by atoms with Gasteiger partial charge in [-0.1, -0.05) is 0 Å². The molecule has 0 radical (unpaired) electrons. The summed E-state index contributed by atoms with van der Waals surface area (Å²) in [5, 5.41) is 0. The third kappa shape index (κ3) is 3.21. The van der Waals surface area contributed by atoms with Crippen LogP contribution in [0.25, 0.3) is 0 Å². The normalized spacial score (nSPS) is 14.7. The van der Waals surface area contributed by atoms with Crippen molar-refractivity contribution in [3.8, 4) is 0 Å². The molecule has 1 amide bonds. The Hall–Kier alpha value is -2.76. The first-order chi connectivity index (χ1) is 11.2. The van der Waals surface area contributed by atoms with Gasteiger partial charge in [0.05, 0.1) is 18.9 Å². The van der Waals surface area contributed by atoms with Crippen molar-refractivity contribution < 1.29 is 18.7 Å². The van der Waals surface area contributed by atoms with E-state index in [0.29, 0.717) is 24.4 Å². The molecular weight excluding hydrogens is 296 g/mol. The Morgan fingerprint density at radius 2 is 1.74 bits per heavy atom. The van der Waals surface area contributed by atoms with Gasteiger partial charge in [0.1, 0.15) is 0 Å². The summed E-state index contributed by atoms with van der Waals surface area (Å²) in [5.41, 5.74) is 1.56. The third-order valence-electron chi connectivity index (χ3n) is 3.95. The van der Waals surface area contributed by atoms with Gasteiger partial charge < -0.3 is 19.0 Å². The number of amides is 1. The molecule has 120 valence electrons. The van der Waals surface area contributed by atoms with E-state index in [1.165, 1.54) is 13.4 Å². The highest BCUT2D eigenvalue weighted by molar-refractivity contribution is 5.91. The second-order valence-electron chi connectivity index (χ2n) is 5.30. The van der Waals surface area contributed by atoms with Crippen LogP contribution in [0, 0.1) is 0 Å². The molecule has 0 unspecified atom stereocenters. The van der Waals surface area contributed by atoms with Crippen LogP contribution in [0.15, 0.2) is 47.1 Å². The molecule has 1 aliphatic heterocycles. The van der Waals surface area contributed by atoms with Crippen LogP contribution < -0.4 is 4.90 Å². The quantitative estimate of drug-likeness (QED) is 0.811. The molecule has 3 rings (SSSR count). The van der Waals surface area contributed by atoms with Gasteiger partial charge in [-0.25, -0.2) is 4.79 Å². The van der Waals surface area contributed by atoms with Crippen molar-refractivity contribution in [2.24, 2.45) is 0 Å². The summed E-state index contributed by atoms with van der Waals surface area (Å²) in [5.74, 6) is -0.0398. The number of ether oxygens (including phenoxy) is 1. The predicted molar refractivity (Wildman–Crippen MR) is 84.6 cm³/mol. The number of anilines is 1. The number of esters is 1. The highest BCUT2D eigenvalue weighted by Gasteiger charge is 2.23. The summed E-state index contributed by atoms with van der Waals surface area (Å²) in [4.78, 5) is 27.6. The molecule has 1 fully saturated rings. The zero-order valence-corrected chi connectivity index (χ0v) is 12.9. The van der Waals surface area contributed by atoms with Crippen LogP contribution in [0.3, 0.4) is 0 Å². The molecule has 0 atom stereocenters. The fraction of sp³-hybridized carbons (Fsp3) is 0.294. The lowest BCUT2D eigenvalue weighted by atomic mass is 10.2. The standard InChI is InChI=1S/C17H18N2O4/c1-22-17(21)13-4-6-14(7-5-13)18-8-10-19(11-9-18)16(20)15-3-2-12-23-15/h2-7,12H,8-11H2,1H3. The SMILES string of the molecule is COC(=O)c1ccc(N2CCN(C(=O)c3ccco3)CC2)cc1. The van der Waals surface area contributed by atoms with E-state index in [0.717, 1.165) is 18.8 Å². The summed E-state index contributed by atoms with van der Waals surface area (Å²) >= 11 is 0. The van der Waals surface area contributed by atoms with Gasteiger partial charge in [0.2, 0.25) is 0 Å². The number of rotatable bonds is 3. The van der Waals surface area contributed by atoms with E-state index in [9.17, 15) is 9.59 Å². The van der Waals surface area contributed by atoms with E-state index < -0.39 is 0 Å². The minimum Gasteiger partial charge on any atom is -0.465 e. The van der Waals surface area contributed by atoms with Crippen molar-refractivity contribution in [3.05, 3.63) is 54.0 Å². The van der Waals surface area contributed by atoms with Crippen LogP contribution in [0.2, 0.25) is 0 Å². The molecule has 2 aromatic rings. The molecule has 6 nitrogen and oxygen atoms in total. The average Bonchev–Trinajstić information content (AvgIpc) is 3.15. The second-order valence-corrected chi connectivity index (χ2v) is 5.30. The van der Waals surface area contributed by atoms with Gasteiger partial charge in [-0.2, -0.15) is 0 Å². The molecule has 1 aromatic heterocycles. The summed E-state index contributed by atoms with van der Waals surface area (Å²) in [6.45, 7) is 2.75. The maximum atomic E-state index is 12.2. The van der Waals surface area contributed by atoms with Crippen LogP contribution in [-0.2, 0) is 4.74 Å². The number of piperazine rings is 1. The molecule has 0 bridgehead atoms. The Balaban J connectivity index is 1.60. The number of hydrogen-bond donors (Lipinski definition) is 0. The first-order valence-corrected chi connectivity index (χ1v) is 7.45. The number of benzene rings is 1. The minimum absolute atomic E-state index is 0.0734. The van der Waals surface area contributed by atoms with Crippen LogP contribution in [0.4, 0.5) is 5.69 Å². The molecule has 0 saturated carbocycles. The number of nitrogens with zero attached hydrogens (tertiary/aromatic N) is 2. The van der Waals surface area contributed by atoms with Crippen molar-refractivity contribution in [1.82, 2.24) is 4.90 Å². The summed E-state index contributed by atoms with van der Waals surface area (Å²) < 4.78 is 9.85. The van der Waals surface area contributed by atoms with E-state index in [2.05, 4.69) is 4.90 Å². The van der Waals surface area contributed by atoms with E-state index in [-0.39, 0.29) is 11.9 Å². The summed E-state index contributed by atoms with van der Waals surface area (Å²) in [6.07, 6.45) is 1.51. The van der Waals surface area contributed by atoms with Gasteiger partial charge >= 0.3 is 5.97 Å². The maximum absolute atomic E-state index is 12.2. The van der Waals surface area contributed by atoms with E-state index in [1.807, 2.05) is 12.1 Å². The molecule has 2 heterocycles. The zero-order valence-electron chi connectivity index (χ0n) is 12.9. The van der Waals surface area contributed by atoms with Crippen LogP contribution in [-0.4, -0.2) is 50.1 Å². The van der Waals surface area contributed by atoms with Gasteiger partial charge in [-0.15, -0.1) is 0 Å². The van der Waals surface area contributed by atoms with Gasteiger partial charge in [-0.3, -0.25) is 4.79 Å². The molecule has 0 spiro atoms. The molecule has 0 N–H and O–H groups in total. The molecule has 1 aliphatic rings. The number of carbonyl (C=O) groups excluding carboxylic acids is 2. The number of furan rings is 1.